The molecule has 72 valence electrons. The first-order valence-corrected chi connectivity index (χ1v) is 3.94. The molecule has 1 aromatic rings. The highest BCUT2D eigenvalue weighted by Crippen LogP contribution is 2.04. The van der Waals surface area contributed by atoms with Gasteiger partial charge in [0.05, 0.1) is 13.3 Å². The van der Waals surface area contributed by atoms with Crippen molar-refractivity contribution in [3.05, 3.63) is 17.5 Å². The van der Waals surface area contributed by atoms with Crippen molar-refractivity contribution < 1.29 is 9.53 Å². The Morgan fingerprint density at radius 1 is 1.77 bits per heavy atom. The van der Waals surface area contributed by atoms with Gasteiger partial charge in [0.1, 0.15) is 0 Å². The van der Waals surface area contributed by atoms with Gasteiger partial charge in [0, 0.05) is 24.8 Å². The molecule has 0 aliphatic rings. The zero-order chi connectivity index (χ0) is 9.84. The lowest BCUT2D eigenvalue weighted by atomic mass is 10.2. The van der Waals surface area contributed by atoms with Gasteiger partial charge in [-0.3, -0.25) is 4.68 Å². The van der Waals surface area contributed by atoms with Crippen LogP contribution in [0.15, 0.2) is 6.20 Å². The fraction of sp³-hybridized carbons (Fsp3) is 0.500. The molecule has 1 amide bonds. The first-order chi connectivity index (χ1) is 6.15. The van der Waals surface area contributed by atoms with E-state index in [0.717, 1.165) is 11.3 Å². The van der Waals surface area contributed by atoms with Gasteiger partial charge in [-0.2, -0.15) is 5.10 Å². The average molecular weight is 183 g/mol. The largest absolute Gasteiger partial charge is 0.453 e. The van der Waals surface area contributed by atoms with E-state index in [1.165, 1.54) is 7.11 Å². The normalized spacial score (nSPS) is 9.77. The summed E-state index contributed by atoms with van der Waals surface area (Å²) < 4.78 is 6.20. The number of nitrogens with one attached hydrogen (secondary N) is 1. The van der Waals surface area contributed by atoms with Crippen LogP contribution in [0.2, 0.25) is 0 Å². The lowest BCUT2D eigenvalue weighted by molar-refractivity contribution is 0.170. The summed E-state index contributed by atoms with van der Waals surface area (Å²) in [5.74, 6) is 0. The Kier molecular flexibility index (Phi) is 2.89. The van der Waals surface area contributed by atoms with E-state index in [2.05, 4.69) is 15.2 Å². The van der Waals surface area contributed by atoms with Crippen LogP contribution >= 0.6 is 0 Å². The number of aryl methyl sites for hydroxylation is 1. The summed E-state index contributed by atoms with van der Waals surface area (Å²) in [7, 11) is 3.20. The lowest BCUT2D eigenvalue weighted by Gasteiger charge is -2.02. The molecule has 0 aliphatic heterocycles. The number of ether oxygens (including phenoxy) is 1. The molecule has 5 nitrogen and oxygen atoms in total. The van der Waals surface area contributed by atoms with Crippen LogP contribution in [0.3, 0.4) is 0 Å². The third-order valence-corrected chi connectivity index (χ3v) is 1.95. The van der Waals surface area contributed by atoms with Crippen molar-refractivity contribution in [2.45, 2.75) is 13.5 Å². The van der Waals surface area contributed by atoms with Gasteiger partial charge in [0.15, 0.2) is 0 Å². The van der Waals surface area contributed by atoms with Crippen molar-refractivity contribution in [2.24, 2.45) is 7.05 Å². The highest BCUT2D eigenvalue weighted by molar-refractivity contribution is 5.66. The molecular weight excluding hydrogens is 170 g/mol. The van der Waals surface area contributed by atoms with Gasteiger partial charge in [-0.25, -0.2) is 4.79 Å². The highest BCUT2D eigenvalue weighted by Gasteiger charge is 2.04. The number of hydrogen-bond donors (Lipinski definition) is 1. The Balaban J connectivity index is 2.55. The first kappa shape index (κ1) is 9.57. The number of hydrogen-bond acceptors (Lipinski definition) is 3. The van der Waals surface area contributed by atoms with Crippen molar-refractivity contribution in [3.8, 4) is 0 Å². The molecule has 0 radical (unpaired) electrons. The molecule has 0 saturated carbocycles. The second-order valence-corrected chi connectivity index (χ2v) is 2.72. The fourth-order valence-electron chi connectivity index (χ4n) is 0.957. The number of nitrogens with zero attached hydrogens (tertiary/aromatic N) is 2. The minimum Gasteiger partial charge on any atom is -0.453 e. The van der Waals surface area contributed by atoms with Crippen molar-refractivity contribution in [2.75, 3.05) is 7.11 Å². The van der Waals surface area contributed by atoms with Crippen LogP contribution in [-0.2, 0) is 18.3 Å². The Morgan fingerprint density at radius 3 is 2.92 bits per heavy atom. The zero-order valence-corrected chi connectivity index (χ0v) is 8.00. The molecule has 0 unspecified atom stereocenters. The smallest absolute Gasteiger partial charge is 0.407 e. The quantitative estimate of drug-likeness (QED) is 0.729. The van der Waals surface area contributed by atoms with Crippen LogP contribution in [0, 0.1) is 6.92 Å². The minimum absolute atomic E-state index is 0.428. The topological polar surface area (TPSA) is 56.1 Å². The lowest BCUT2D eigenvalue weighted by Crippen LogP contribution is -2.22. The summed E-state index contributed by atoms with van der Waals surface area (Å²) in [5.41, 5.74) is 2.03. The molecule has 0 fully saturated rings. The molecule has 0 saturated heterocycles. The summed E-state index contributed by atoms with van der Waals surface area (Å²) in [5, 5.41) is 6.63. The van der Waals surface area contributed by atoms with Gasteiger partial charge in [-0.1, -0.05) is 0 Å². The van der Waals surface area contributed by atoms with Gasteiger partial charge in [0.25, 0.3) is 0 Å². The molecule has 0 atom stereocenters. The van der Waals surface area contributed by atoms with Crippen molar-refractivity contribution in [3.63, 3.8) is 0 Å². The Hall–Kier alpha value is -1.52. The highest BCUT2D eigenvalue weighted by atomic mass is 16.5. The second kappa shape index (κ2) is 3.93. The van der Waals surface area contributed by atoms with Gasteiger partial charge in [-0.05, 0) is 6.92 Å². The first-order valence-electron chi connectivity index (χ1n) is 3.94. The predicted molar refractivity (Wildman–Crippen MR) is 47.2 cm³/mol. The van der Waals surface area contributed by atoms with Crippen LogP contribution in [0.1, 0.15) is 11.3 Å². The van der Waals surface area contributed by atoms with Crippen molar-refractivity contribution in [1.82, 2.24) is 15.1 Å². The Bertz CT molecular complexity index is 306. The van der Waals surface area contributed by atoms with E-state index < -0.39 is 6.09 Å². The Morgan fingerprint density at radius 2 is 2.46 bits per heavy atom. The van der Waals surface area contributed by atoms with Crippen LogP contribution in [0.4, 0.5) is 4.79 Å². The van der Waals surface area contributed by atoms with E-state index in [1.807, 2.05) is 14.0 Å². The van der Waals surface area contributed by atoms with Gasteiger partial charge in [-0.15, -0.1) is 0 Å². The number of amides is 1. The molecule has 1 N–H and O–H groups in total. The number of carbonyl (C=O) groups is 1. The number of rotatable bonds is 2. The third-order valence-electron chi connectivity index (χ3n) is 1.95. The monoisotopic (exact) mass is 183 g/mol. The van der Waals surface area contributed by atoms with Gasteiger partial charge < -0.3 is 10.1 Å². The zero-order valence-electron chi connectivity index (χ0n) is 8.00. The standard InChI is InChI=1S/C8H13N3O2/c1-6-7(5-10-11(6)2)4-9-8(12)13-3/h5H,4H2,1-3H3,(H,9,12). The van der Waals surface area contributed by atoms with E-state index in [4.69, 9.17) is 0 Å². The minimum atomic E-state index is -0.428. The van der Waals surface area contributed by atoms with Crippen LogP contribution in [-0.4, -0.2) is 23.0 Å². The molecule has 0 bridgehead atoms. The van der Waals surface area contributed by atoms with E-state index in [1.54, 1.807) is 10.9 Å². The molecule has 1 aromatic heterocycles. The van der Waals surface area contributed by atoms with Crippen molar-refractivity contribution in [1.29, 1.82) is 0 Å². The maximum absolute atomic E-state index is 10.7. The van der Waals surface area contributed by atoms with Crippen LogP contribution in [0.5, 0.6) is 0 Å². The molecular formula is C8H13N3O2. The average Bonchev–Trinajstić information content (AvgIpc) is 2.44. The number of alkyl carbamates (subject to hydrolysis) is 1. The predicted octanol–water partition coefficient (Wildman–Crippen LogP) is 0.585. The van der Waals surface area contributed by atoms with Gasteiger partial charge in [0.2, 0.25) is 0 Å². The number of carbonyl (C=O) groups excluding carboxylic acids is 1. The maximum Gasteiger partial charge on any atom is 0.407 e. The molecule has 0 aromatic carbocycles. The molecule has 1 heterocycles. The number of aromatic nitrogens is 2. The molecule has 13 heavy (non-hydrogen) atoms. The van der Waals surface area contributed by atoms with Crippen LogP contribution < -0.4 is 5.32 Å². The van der Waals surface area contributed by atoms with Gasteiger partial charge >= 0.3 is 6.09 Å². The molecule has 0 aliphatic carbocycles. The van der Waals surface area contributed by atoms with E-state index in [0.29, 0.717) is 6.54 Å². The fourth-order valence-corrected chi connectivity index (χ4v) is 0.957. The SMILES string of the molecule is COC(=O)NCc1cnn(C)c1C. The summed E-state index contributed by atoms with van der Waals surface area (Å²) in [6.45, 7) is 2.40. The summed E-state index contributed by atoms with van der Waals surface area (Å²) in [6, 6.07) is 0. The third kappa shape index (κ3) is 2.21. The Labute approximate surface area is 76.7 Å². The van der Waals surface area contributed by atoms with E-state index in [-0.39, 0.29) is 0 Å². The summed E-state index contributed by atoms with van der Waals surface area (Å²) in [6.07, 6.45) is 1.30. The number of methoxy groups -OCH3 is 1. The maximum atomic E-state index is 10.7. The molecule has 1 rings (SSSR count). The van der Waals surface area contributed by atoms with E-state index in [9.17, 15) is 4.79 Å². The second-order valence-electron chi connectivity index (χ2n) is 2.72. The van der Waals surface area contributed by atoms with Crippen LogP contribution in [0.25, 0.3) is 0 Å². The summed E-state index contributed by atoms with van der Waals surface area (Å²) >= 11 is 0. The molecule has 5 heteroatoms. The van der Waals surface area contributed by atoms with Crippen molar-refractivity contribution >= 4 is 6.09 Å². The molecule has 0 spiro atoms. The summed E-state index contributed by atoms with van der Waals surface area (Å²) in [4.78, 5) is 10.7. The van der Waals surface area contributed by atoms with E-state index >= 15 is 0 Å².